The first-order valence-electron chi connectivity index (χ1n) is 6.20. The van der Waals surface area contributed by atoms with Crippen LogP contribution in [0, 0.1) is 5.41 Å². The fraction of sp³-hybridized carbons (Fsp3) is 0.417. The van der Waals surface area contributed by atoms with Crippen LogP contribution in [0.2, 0.25) is 0 Å². The van der Waals surface area contributed by atoms with E-state index >= 15 is 0 Å². The fourth-order valence-corrected chi connectivity index (χ4v) is 1.39. The van der Waals surface area contributed by atoms with Gasteiger partial charge < -0.3 is 14.8 Å². The summed E-state index contributed by atoms with van der Waals surface area (Å²) >= 11 is 0. The maximum absolute atomic E-state index is 11.7. The number of amides is 1. The fourth-order valence-electron chi connectivity index (χ4n) is 1.39. The molecule has 0 saturated carbocycles. The van der Waals surface area contributed by atoms with Gasteiger partial charge in [-0.05, 0) is 31.2 Å². The highest BCUT2D eigenvalue weighted by Crippen LogP contribution is 2.14. The lowest BCUT2D eigenvalue weighted by atomic mass is 9.94. The smallest absolute Gasteiger partial charge is 0.310 e. The maximum Gasteiger partial charge on any atom is 0.310 e. The topological polar surface area (TPSA) is 123 Å². The number of carboxylic acid groups (broad SMARTS) is 1. The van der Waals surface area contributed by atoms with Crippen molar-refractivity contribution in [3.63, 3.8) is 0 Å². The first-order chi connectivity index (χ1) is 9.88. The summed E-state index contributed by atoms with van der Waals surface area (Å²) in [5.74, 6) is -0.651. The molecule has 0 aromatic carbocycles. The molecule has 2 rings (SSSR count). The third-order valence-electron chi connectivity index (χ3n) is 2.79. The van der Waals surface area contributed by atoms with Crippen molar-refractivity contribution in [2.24, 2.45) is 5.41 Å². The van der Waals surface area contributed by atoms with Gasteiger partial charge >= 0.3 is 5.97 Å². The van der Waals surface area contributed by atoms with Gasteiger partial charge in [0.25, 0.3) is 0 Å². The van der Waals surface area contributed by atoms with Crippen molar-refractivity contribution in [2.75, 3.05) is 6.54 Å². The van der Waals surface area contributed by atoms with Gasteiger partial charge in [-0.2, -0.15) is 4.80 Å². The SMILES string of the molecule is CC(C)(CNC(=O)Cn1nnc(-c2ccco2)n1)C(=O)O. The Labute approximate surface area is 119 Å². The Balaban J connectivity index is 1.90. The zero-order chi connectivity index (χ0) is 15.5. The third kappa shape index (κ3) is 3.65. The first-order valence-corrected chi connectivity index (χ1v) is 6.20. The number of hydrogen-bond donors (Lipinski definition) is 2. The van der Waals surface area contributed by atoms with Crippen LogP contribution in [0.3, 0.4) is 0 Å². The molecule has 1 amide bonds. The number of carbonyl (C=O) groups is 2. The van der Waals surface area contributed by atoms with Gasteiger partial charge in [-0.15, -0.1) is 10.2 Å². The van der Waals surface area contributed by atoms with Gasteiger partial charge in [-0.25, -0.2) is 0 Å². The monoisotopic (exact) mass is 293 g/mol. The summed E-state index contributed by atoms with van der Waals surface area (Å²) in [5, 5.41) is 23.0. The van der Waals surface area contributed by atoms with Crippen LogP contribution in [0.4, 0.5) is 0 Å². The van der Waals surface area contributed by atoms with E-state index in [1.807, 2.05) is 0 Å². The second-order valence-corrected chi connectivity index (χ2v) is 5.09. The Morgan fingerprint density at radius 2 is 2.24 bits per heavy atom. The largest absolute Gasteiger partial charge is 0.481 e. The molecule has 0 spiro atoms. The molecule has 0 unspecified atom stereocenters. The van der Waals surface area contributed by atoms with Crippen LogP contribution in [0.25, 0.3) is 11.6 Å². The van der Waals surface area contributed by atoms with E-state index in [9.17, 15) is 9.59 Å². The highest BCUT2D eigenvalue weighted by atomic mass is 16.4. The quantitative estimate of drug-likeness (QED) is 0.777. The molecule has 2 N–H and O–H groups in total. The Morgan fingerprint density at radius 3 is 2.86 bits per heavy atom. The number of nitrogens with one attached hydrogen (secondary N) is 1. The van der Waals surface area contributed by atoms with E-state index in [0.29, 0.717) is 5.76 Å². The number of rotatable bonds is 6. The molecule has 0 radical (unpaired) electrons. The summed E-state index contributed by atoms with van der Waals surface area (Å²) in [4.78, 5) is 23.8. The predicted octanol–water partition coefficient (Wildman–Crippen LogP) is 0.160. The molecular formula is C12H15N5O4. The summed E-state index contributed by atoms with van der Waals surface area (Å²) in [6.07, 6.45) is 1.48. The maximum atomic E-state index is 11.7. The van der Waals surface area contributed by atoms with Crippen molar-refractivity contribution in [3.05, 3.63) is 18.4 Å². The van der Waals surface area contributed by atoms with Crippen LogP contribution in [0.15, 0.2) is 22.8 Å². The van der Waals surface area contributed by atoms with Crippen molar-refractivity contribution in [2.45, 2.75) is 20.4 Å². The van der Waals surface area contributed by atoms with E-state index in [1.165, 1.54) is 20.1 Å². The Morgan fingerprint density at radius 1 is 1.48 bits per heavy atom. The minimum Gasteiger partial charge on any atom is -0.481 e. The third-order valence-corrected chi connectivity index (χ3v) is 2.79. The average molecular weight is 293 g/mol. The molecule has 2 aromatic rings. The number of tetrazole rings is 1. The molecule has 0 atom stereocenters. The summed E-state index contributed by atoms with van der Waals surface area (Å²) in [5.41, 5.74) is -1.04. The van der Waals surface area contributed by atoms with Crippen LogP contribution >= 0.6 is 0 Å². The minimum atomic E-state index is -1.04. The van der Waals surface area contributed by atoms with Crippen molar-refractivity contribution in [1.29, 1.82) is 0 Å². The van der Waals surface area contributed by atoms with Crippen molar-refractivity contribution < 1.29 is 19.1 Å². The molecule has 9 nitrogen and oxygen atoms in total. The summed E-state index contributed by atoms with van der Waals surface area (Å²) in [6.45, 7) is 2.92. The Bertz CT molecular complexity index is 632. The Kier molecular flexibility index (Phi) is 4.01. The number of carboxylic acids is 1. The van der Waals surface area contributed by atoms with Gasteiger partial charge in [-0.3, -0.25) is 9.59 Å². The Hall–Kier alpha value is -2.71. The van der Waals surface area contributed by atoms with Crippen molar-refractivity contribution >= 4 is 11.9 Å². The van der Waals surface area contributed by atoms with Gasteiger partial charge in [0.15, 0.2) is 5.76 Å². The molecule has 0 saturated heterocycles. The molecule has 2 heterocycles. The predicted molar refractivity (Wildman–Crippen MR) is 69.9 cm³/mol. The van der Waals surface area contributed by atoms with Gasteiger partial charge in [-0.1, -0.05) is 0 Å². The first kappa shape index (κ1) is 14.7. The van der Waals surface area contributed by atoms with Crippen LogP contribution < -0.4 is 5.32 Å². The summed E-state index contributed by atoms with van der Waals surface area (Å²) in [6, 6.07) is 3.37. The number of nitrogens with zero attached hydrogens (tertiary/aromatic N) is 4. The molecule has 0 aliphatic heterocycles. The van der Waals surface area contributed by atoms with Gasteiger partial charge in [0.1, 0.15) is 6.54 Å². The summed E-state index contributed by atoms with van der Waals surface area (Å²) in [7, 11) is 0. The molecule has 2 aromatic heterocycles. The second-order valence-electron chi connectivity index (χ2n) is 5.09. The van der Waals surface area contributed by atoms with Crippen LogP contribution in [-0.4, -0.2) is 43.7 Å². The molecule has 0 aliphatic rings. The average Bonchev–Trinajstić information content (AvgIpc) is 3.06. The van der Waals surface area contributed by atoms with Crippen molar-refractivity contribution in [1.82, 2.24) is 25.5 Å². The lowest BCUT2D eigenvalue weighted by Crippen LogP contribution is -2.40. The van der Waals surface area contributed by atoms with E-state index in [1.54, 1.807) is 12.1 Å². The van der Waals surface area contributed by atoms with Crippen LogP contribution in [-0.2, 0) is 16.1 Å². The van der Waals surface area contributed by atoms with Crippen LogP contribution in [0.5, 0.6) is 0 Å². The zero-order valence-electron chi connectivity index (χ0n) is 11.6. The van der Waals surface area contributed by atoms with E-state index in [0.717, 1.165) is 4.80 Å². The van der Waals surface area contributed by atoms with Gasteiger partial charge in [0.2, 0.25) is 11.7 Å². The number of furan rings is 1. The van der Waals surface area contributed by atoms with E-state index < -0.39 is 17.3 Å². The van der Waals surface area contributed by atoms with Crippen LogP contribution in [0.1, 0.15) is 13.8 Å². The zero-order valence-corrected chi connectivity index (χ0v) is 11.6. The molecule has 112 valence electrons. The minimum absolute atomic E-state index is 0.0148. The molecule has 21 heavy (non-hydrogen) atoms. The normalized spacial score (nSPS) is 11.3. The highest BCUT2D eigenvalue weighted by Gasteiger charge is 2.27. The van der Waals surface area contributed by atoms with Gasteiger partial charge in [0, 0.05) is 6.54 Å². The lowest BCUT2D eigenvalue weighted by molar-refractivity contribution is -0.146. The molecule has 9 heteroatoms. The van der Waals surface area contributed by atoms with Crippen molar-refractivity contribution in [3.8, 4) is 11.6 Å². The molecule has 0 bridgehead atoms. The lowest BCUT2D eigenvalue weighted by Gasteiger charge is -2.19. The van der Waals surface area contributed by atoms with Gasteiger partial charge in [0.05, 0.1) is 11.7 Å². The number of aromatic nitrogens is 4. The molecular weight excluding hydrogens is 278 g/mol. The standard InChI is InChI=1S/C12H15N5O4/c1-12(2,11(19)20)7-13-9(18)6-17-15-10(14-16-17)8-4-3-5-21-8/h3-5H,6-7H2,1-2H3,(H,13,18)(H,19,20). The number of carbonyl (C=O) groups excluding carboxylic acids is 1. The van der Waals surface area contributed by atoms with E-state index in [4.69, 9.17) is 9.52 Å². The summed E-state index contributed by atoms with van der Waals surface area (Å²) < 4.78 is 5.11. The highest BCUT2D eigenvalue weighted by molar-refractivity contribution is 5.78. The van der Waals surface area contributed by atoms with E-state index in [-0.39, 0.29) is 18.9 Å². The molecule has 0 aliphatic carbocycles. The molecule has 0 fully saturated rings. The number of aliphatic carboxylic acids is 1. The number of hydrogen-bond acceptors (Lipinski definition) is 6. The van der Waals surface area contributed by atoms with E-state index in [2.05, 4.69) is 20.7 Å². The second kappa shape index (κ2) is 5.73.